The molecule has 0 saturated heterocycles. The highest BCUT2D eigenvalue weighted by molar-refractivity contribution is 6.32. The number of nitro groups is 1. The van der Waals surface area contributed by atoms with Crippen LogP contribution in [0.3, 0.4) is 0 Å². The molecule has 2 atom stereocenters. The molecule has 1 aromatic carbocycles. The molecule has 20 heavy (non-hydrogen) atoms. The van der Waals surface area contributed by atoms with E-state index >= 15 is 0 Å². The third kappa shape index (κ3) is 1.95. The van der Waals surface area contributed by atoms with Crippen LogP contribution < -0.4 is 11.5 Å². The predicted octanol–water partition coefficient (Wildman–Crippen LogP) is 1.28. The average molecular weight is 296 g/mol. The highest BCUT2D eigenvalue weighted by Crippen LogP contribution is 2.35. The van der Waals surface area contributed by atoms with Gasteiger partial charge in [-0.05, 0) is 18.6 Å². The van der Waals surface area contributed by atoms with Crippen LogP contribution in [-0.2, 0) is 5.54 Å². The monoisotopic (exact) mass is 295 g/mol. The lowest BCUT2D eigenvalue weighted by Gasteiger charge is -2.30. The molecular weight excluding hydrogens is 282 g/mol. The Morgan fingerprint density at radius 2 is 2.10 bits per heavy atom. The molecule has 0 fully saturated rings. The summed E-state index contributed by atoms with van der Waals surface area (Å²) in [5, 5.41) is 12.0. The lowest BCUT2D eigenvalue weighted by molar-refractivity contribution is -0.534. The number of benzene rings is 1. The van der Waals surface area contributed by atoms with Crippen molar-refractivity contribution < 1.29 is 4.92 Å². The van der Waals surface area contributed by atoms with Gasteiger partial charge < -0.3 is 5.73 Å². The van der Waals surface area contributed by atoms with Gasteiger partial charge in [0.25, 0.3) is 0 Å². The zero-order valence-corrected chi connectivity index (χ0v) is 11.5. The fraction of sp³-hybridized carbons (Fsp3) is 0.333. The second-order valence-electron chi connectivity index (χ2n) is 4.30. The second kappa shape index (κ2) is 5.18. The topological polar surface area (TPSA) is 120 Å². The van der Waals surface area contributed by atoms with E-state index in [0.29, 0.717) is 6.42 Å². The van der Waals surface area contributed by atoms with Gasteiger partial charge in [-0.15, -0.1) is 0 Å². The summed E-state index contributed by atoms with van der Waals surface area (Å²) in [5.74, 6) is -0.199. The summed E-state index contributed by atoms with van der Waals surface area (Å²) in [6.45, 7) is 1.75. The normalized spacial score (nSPS) is 25.9. The quantitative estimate of drug-likeness (QED) is 0.644. The van der Waals surface area contributed by atoms with Crippen LogP contribution >= 0.6 is 11.6 Å². The van der Waals surface area contributed by atoms with E-state index in [0.717, 1.165) is 0 Å². The molecule has 1 heterocycles. The first-order valence-corrected chi connectivity index (χ1v) is 6.38. The fourth-order valence-corrected chi connectivity index (χ4v) is 2.63. The maximum Gasteiger partial charge on any atom is 0.341 e. The van der Waals surface area contributed by atoms with Gasteiger partial charge in [0.05, 0.1) is 10.6 Å². The van der Waals surface area contributed by atoms with Gasteiger partial charge in [0, 0.05) is 4.92 Å². The maximum absolute atomic E-state index is 11.8. The van der Waals surface area contributed by atoms with Crippen molar-refractivity contribution in [1.82, 2.24) is 0 Å². The Morgan fingerprint density at radius 1 is 1.45 bits per heavy atom. The Bertz CT molecular complexity index is 616. The Hall–Kier alpha value is -1.99. The SMILES string of the molecule is CCC1=NC(N)N=C(N)C1(c1ccccc1Cl)[N+](=O)[O-]. The van der Waals surface area contributed by atoms with E-state index in [-0.39, 0.29) is 22.1 Å². The fourth-order valence-electron chi connectivity index (χ4n) is 2.36. The number of hydrogen-bond donors (Lipinski definition) is 2. The number of aliphatic imine (C=N–C) groups is 2. The van der Waals surface area contributed by atoms with Crippen LogP contribution in [0.5, 0.6) is 0 Å². The van der Waals surface area contributed by atoms with E-state index in [1.807, 2.05) is 0 Å². The Kier molecular flexibility index (Phi) is 3.74. The molecular formula is C12H14ClN5O2. The molecule has 0 bridgehead atoms. The predicted molar refractivity (Wildman–Crippen MR) is 77.4 cm³/mol. The van der Waals surface area contributed by atoms with Crippen molar-refractivity contribution in [1.29, 1.82) is 0 Å². The van der Waals surface area contributed by atoms with Crippen LogP contribution in [0.2, 0.25) is 5.02 Å². The number of halogens is 1. The molecule has 0 amide bonds. The molecule has 0 saturated carbocycles. The maximum atomic E-state index is 11.8. The van der Waals surface area contributed by atoms with Gasteiger partial charge >= 0.3 is 5.54 Å². The zero-order valence-electron chi connectivity index (χ0n) is 10.8. The van der Waals surface area contributed by atoms with Gasteiger partial charge in [0.2, 0.25) is 0 Å². The minimum atomic E-state index is -1.84. The first-order chi connectivity index (χ1) is 9.44. The molecule has 0 aliphatic carbocycles. The van der Waals surface area contributed by atoms with Crippen molar-refractivity contribution >= 4 is 23.1 Å². The number of hydrogen-bond acceptors (Lipinski definition) is 6. The standard InChI is InChI=1S/C12H14ClN5O2/c1-2-9-12(18(19)20,10(14)17-11(15)16-9)7-5-3-4-6-8(7)13/h3-6,11H,2,15H2,1H3,(H2,14,17). The summed E-state index contributed by atoms with van der Waals surface area (Å²) in [6, 6.07) is 6.46. The van der Waals surface area contributed by atoms with Crippen molar-refractivity contribution in [2.45, 2.75) is 25.2 Å². The summed E-state index contributed by atoms with van der Waals surface area (Å²) in [7, 11) is 0. The molecule has 2 unspecified atom stereocenters. The molecule has 0 spiro atoms. The zero-order chi connectivity index (χ0) is 14.9. The van der Waals surface area contributed by atoms with Gasteiger partial charge in [-0.25, -0.2) is 9.98 Å². The van der Waals surface area contributed by atoms with E-state index in [9.17, 15) is 10.1 Å². The molecule has 106 valence electrons. The molecule has 2 rings (SSSR count). The van der Waals surface area contributed by atoms with Gasteiger partial charge in [0.15, 0.2) is 12.1 Å². The molecule has 1 aliphatic heterocycles. The van der Waals surface area contributed by atoms with Crippen LogP contribution in [0.4, 0.5) is 0 Å². The Balaban J connectivity index is 2.79. The summed E-state index contributed by atoms with van der Waals surface area (Å²) in [6.07, 6.45) is -0.601. The first-order valence-electron chi connectivity index (χ1n) is 6.00. The molecule has 1 aliphatic rings. The largest absolute Gasteiger partial charge is 0.381 e. The van der Waals surface area contributed by atoms with E-state index in [2.05, 4.69) is 9.98 Å². The summed E-state index contributed by atoms with van der Waals surface area (Å²) in [5.41, 5.74) is 10.1. The van der Waals surface area contributed by atoms with Crippen molar-refractivity contribution in [3.05, 3.63) is 45.0 Å². The molecule has 4 N–H and O–H groups in total. The van der Waals surface area contributed by atoms with E-state index < -0.39 is 16.8 Å². The Labute approximate surface area is 120 Å². The van der Waals surface area contributed by atoms with E-state index in [4.69, 9.17) is 23.1 Å². The second-order valence-corrected chi connectivity index (χ2v) is 4.71. The molecule has 0 radical (unpaired) electrons. The average Bonchev–Trinajstić information content (AvgIpc) is 2.39. The van der Waals surface area contributed by atoms with Gasteiger partial charge in [0.1, 0.15) is 5.71 Å². The third-order valence-corrected chi connectivity index (χ3v) is 3.55. The number of nitrogens with two attached hydrogens (primary N) is 2. The van der Waals surface area contributed by atoms with Crippen molar-refractivity contribution in [2.75, 3.05) is 0 Å². The third-order valence-electron chi connectivity index (χ3n) is 3.22. The van der Waals surface area contributed by atoms with Crippen LogP contribution in [-0.4, -0.2) is 22.8 Å². The van der Waals surface area contributed by atoms with Crippen LogP contribution in [0, 0.1) is 10.1 Å². The van der Waals surface area contributed by atoms with Crippen LogP contribution in [0.25, 0.3) is 0 Å². The lowest BCUT2D eigenvalue weighted by atomic mass is 9.82. The van der Waals surface area contributed by atoms with Crippen LogP contribution in [0.1, 0.15) is 18.9 Å². The Morgan fingerprint density at radius 3 is 2.65 bits per heavy atom. The van der Waals surface area contributed by atoms with Gasteiger partial charge in [-0.3, -0.25) is 15.8 Å². The highest BCUT2D eigenvalue weighted by Gasteiger charge is 2.56. The number of rotatable bonds is 3. The first kappa shape index (κ1) is 14.4. The van der Waals surface area contributed by atoms with Gasteiger partial charge in [-0.1, -0.05) is 30.7 Å². The summed E-state index contributed by atoms with van der Waals surface area (Å²) in [4.78, 5) is 19.2. The summed E-state index contributed by atoms with van der Waals surface area (Å²) < 4.78 is 0. The van der Waals surface area contributed by atoms with E-state index in [1.54, 1.807) is 31.2 Å². The number of amidine groups is 1. The minimum Gasteiger partial charge on any atom is -0.381 e. The highest BCUT2D eigenvalue weighted by atomic mass is 35.5. The van der Waals surface area contributed by atoms with E-state index in [1.165, 1.54) is 0 Å². The van der Waals surface area contributed by atoms with Crippen molar-refractivity contribution in [2.24, 2.45) is 21.5 Å². The van der Waals surface area contributed by atoms with Crippen molar-refractivity contribution in [3.63, 3.8) is 0 Å². The van der Waals surface area contributed by atoms with Crippen LogP contribution in [0.15, 0.2) is 34.3 Å². The lowest BCUT2D eigenvalue weighted by Crippen LogP contribution is -2.57. The molecule has 1 aromatic rings. The minimum absolute atomic E-state index is 0.199. The number of nitrogens with zero attached hydrogens (tertiary/aromatic N) is 3. The molecule has 8 heteroatoms. The molecule has 0 aromatic heterocycles. The van der Waals surface area contributed by atoms with Crippen molar-refractivity contribution in [3.8, 4) is 0 Å². The van der Waals surface area contributed by atoms with Gasteiger partial charge in [-0.2, -0.15) is 0 Å². The molecule has 7 nitrogen and oxygen atoms in total. The summed E-state index contributed by atoms with van der Waals surface area (Å²) >= 11 is 6.11. The smallest absolute Gasteiger partial charge is 0.341 e.